The predicted molar refractivity (Wildman–Crippen MR) is 71.3 cm³/mol. The highest BCUT2D eigenvalue weighted by molar-refractivity contribution is 6.34. The van der Waals surface area contributed by atoms with E-state index in [-0.39, 0.29) is 16.6 Å². The third-order valence-electron chi connectivity index (χ3n) is 2.79. The lowest BCUT2D eigenvalue weighted by molar-refractivity contribution is -0.139. The molecule has 0 aromatic carbocycles. The number of hydrogen-bond donors (Lipinski definition) is 2. The van der Waals surface area contributed by atoms with E-state index in [1.165, 1.54) is 4.68 Å². The molecule has 6 nitrogen and oxygen atoms in total. The Kier molecular flexibility index (Phi) is 4.94. The molecule has 0 saturated heterocycles. The van der Waals surface area contributed by atoms with Crippen LogP contribution >= 0.6 is 11.6 Å². The molecule has 0 fully saturated rings. The van der Waals surface area contributed by atoms with Crippen LogP contribution in [0.5, 0.6) is 0 Å². The van der Waals surface area contributed by atoms with E-state index >= 15 is 0 Å². The van der Waals surface area contributed by atoms with Crippen LogP contribution in [-0.4, -0.2) is 32.8 Å². The van der Waals surface area contributed by atoms with Gasteiger partial charge in [-0.15, -0.1) is 0 Å². The Morgan fingerprint density at radius 3 is 2.42 bits per heavy atom. The van der Waals surface area contributed by atoms with Crippen molar-refractivity contribution in [3.63, 3.8) is 0 Å². The fourth-order valence-corrected chi connectivity index (χ4v) is 1.89. The van der Waals surface area contributed by atoms with Gasteiger partial charge in [0.15, 0.2) is 5.69 Å². The second-order valence-corrected chi connectivity index (χ2v) is 5.24. The quantitative estimate of drug-likeness (QED) is 0.862. The maximum Gasteiger partial charge on any atom is 0.326 e. The summed E-state index contributed by atoms with van der Waals surface area (Å²) in [4.78, 5) is 23.1. The minimum Gasteiger partial charge on any atom is -0.480 e. The van der Waals surface area contributed by atoms with Gasteiger partial charge in [-0.1, -0.05) is 25.4 Å². The monoisotopic (exact) mass is 287 g/mol. The van der Waals surface area contributed by atoms with Gasteiger partial charge in [-0.3, -0.25) is 9.48 Å². The first kappa shape index (κ1) is 15.5. The zero-order valence-corrected chi connectivity index (χ0v) is 12.2. The molecule has 0 saturated carbocycles. The number of hydrogen-bond acceptors (Lipinski definition) is 3. The minimum atomic E-state index is -1.06. The smallest absolute Gasteiger partial charge is 0.326 e. The summed E-state index contributed by atoms with van der Waals surface area (Å²) in [5.41, 5.74) is 0.708. The van der Waals surface area contributed by atoms with Crippen LogP contribution in [0, 0.1) is 12.8 Å². The highest BCUT2D eigenvalue weighted by atomic mass is 35.5. The number of amides is 1. The van der Waals surface area contributed by atoms with Crippen LogP contribution in [0.4, 0.5) is 0 Å². The molecular weight excluding hydrogens is 270 g/mol. The first-order chi connectivity index (χ1) is 8.73. The van der Waals surface area contributed by atoms with Crippen LogP contribution in [0.1, 0.15) is 36.5 Å². The molecule has 0 unspecified atom stereocenters. The standard InChI is InChI=1S/C12H18ClN3O3/c1-6(2)5-8(12(18)19)14-11(17)10-9(13)7(3)16(4)15-10/h6,8H,5H2,1-4H3,(H,14,17)(H,18,19)/t8-/m0/s1. The van der Waals surface area contributed by atoms with Crippen molar-refractivity contribution in [2.75, 3.05) is 0 Å². The van der Waals surface area contributed by atoms with Gasteiger partial charge in [-0.2, -0.15) is 5.10 Å². The van der Waals surface area contributed by atoms with E-state index in [1.54, 1.807) is 14.0 Å². The number of aryl methyl sites for hydroxylation is 1. The molecule has 7 heteroatoms. The first-order valence-electron chi connectivity index (χ1n) is 5.96. The van der Waals surface area contributed by atoms with Crippen LogP contribution in [0.3, 0.4) is 0 Å². The van der Waals surface area contributed by atoms with Crippen LogP contribution < -0.4 is 5.32 Å². The van der Waals surface area contributed by atoms with Gasteiger partial charge in [0.2, 0.25) is 0 Å². The van der Waals surface area contributed by atoms with E-state index in [0.29, 0.717) is 12.1 Å². The summed E-state index contributed by atoms with van der Waals surface area (Å²) in [7, 11) is 1.67. The molecule has 0 aliphatic carbocycles. The van der Waals surface area contributed by atoms with E-state index in [9.17, 15) is 9.59 Å². The molecule has 0 aliphatic rings. The number of rotatable bonds is 5. The van der Waals surface area contributed by atoms with E-state index in [2.05, 4.69) is 10.4 Å². The average Bonchev–Trinajstić information content (AvgIpc) is 2.55. The molecule has 1 aromatic rings. The van der Waals surface area contributed by atoms with Crippen LogP contribution in [0.15, 0.2) is 0 Å². The lowest BCUT2D eigenvalue weighted by atomic mass is 10.0. The summed E-state index contributed by atoms with van der Waals surface area (Å²) in [6.07, 6.45) is 0.352. The van der Waals surface area contributed by atoms with E-state index < -0.39 is 17.9 Å². The number of carbonyl (C=O) groups is 2. The topological polar surface area (TPSA) is 84.2 Å². The number of halogens is 1. The molecule has 1 aromatic heterocycles. The molecule has 106 valence electrons. The summed E-state index contributed by atoms with van der Waals surface area (Å²) in [5.74, 6) is -1.48. The summed E-state index contributed by atoms with van der Waals surface area (Å²) in [5, 5.41) is 15.7. The second kappa shape index (κ2) is 6.06. The summed E-state index contributed by atoms with van der Waals surface area (Å²) >= 11 is 5.99. The number of carboxylic acid groups (broad SMARTS) is 1. The van der Waals surface area contributed by atoms with Gasteiger partial charge >= 0.3 is 5.97 Å². The Balaban J connectivity index is 2.88. The molecular formula is C12H18ClN3O3. The predicted octanol–water partition coefficient (Wildman–Crippen LogP) is 1.61. The van der Waals surface area contributed by atoms with Gasteiger partial charge < -0.3 is 10.4 Å². The van der Waals surface area contributed by atoms with E-state index in [1.807, 2.05) is 13.8 Å². The number of carboxylic acids is 1. The van der Waals surface area contributed by atoms with Crippen molar-refractivity contribution in [2.24, 2.45) is 13.0 Å². The minimum absolute atomic E-state index is 0.0525. The lowest BCUT2D eigenvalue weighted by Crippen LogP contribution is -2.41. The zero-order valence-electron chi connectivity index (χ0n) is 11.4. The largest absolute Gasteiger partial charge is 0.480 e. The molecule has 1 atom stereocenters. The normalized spacial score (nSPS) is 12.5. The van der Waals surface area contributed by atoms with Crippen molar-refractivity contribution in [3.05, 3.63) is 16.4 Å². The molecule has 1 rings (SSSR count). The van der Waals surface area contributed by atoms with Gasteiger partial charge in [0.05, 0.1) is 10.7 Å². The van der Waals surface area contributed by atoms with Gasteiger partial charge in [-0.05, 0) is 19.3 Å². The summed E-state index contributed by atoms with van der Waals surface area (Å²) in [6.45, 7) is 5.51. The van der Waals surface area contributed by atoms with Gasteiger partial charge in [-0.25, -0.2) is 4.79 Å². The Bertz CT molecular complexity index is 497. The van der Waals surface area contributed by atoms with Crippen molar-refractivity contribution in [2.45, 2.75) is 33.2 Å². The Morgan fingerprint density at radius 1 is 1.47 bits per heavy atom. The Morgan fingerprint density at radius 2 is 2.05 bits per heavy atom. The highest BCUT2D eigenvalue weighted by Gasteiger charge is 2.25. The number of nitrogens with one attached hydrogen (secondary N) is 1. The first-order valence-corrected chi connectivity index (χ1v) is 6.34. The SMILES string of the molecule is Cc1c(Cl)c(C(=O)N[C@@H](CC(C)C)C(=O)O)nn1C. The van der Waals surface area contributed by atoms with Gasteiger partial charge in [0.25, 0.3) is 5.91 Å². The fraction of sp³-hybridized carbons (Fsp3) is 0.583. The van der Waals surface area contributed by atoms with Gasteiger partial charge in [0, 0.05) is 7.05 Å². The van der Waals surface area contributed by atoms with Crippen LogP contribution in [0.2, 0.25) is 5.02 Å². The van der Waals surface area contributed by atoms with Crippen molar-refractivity contribution < 1.29 is 14.7 Å². The molecule has 0 bridgehead atoms. The van der Waals surface area contributed by atoms with Crippen molar-refractivity contribution in [1.29, 1.82) is 0 Å². The number of aromatic nitrogens is 2. The third-order valence-corrected chi connectivity index (χ3v) is 3.24. The Hall–Kier alpha value is -1.56. The fourth-order valence-electron chi connectivity index (χ4n) is 1.65. The molecule has 1 heterocycles. The Labute approximate surface area is 116 Å². The van der Waals surface area contributed by atoms with E-state index in [0.717, 1.165) is 0 Å². The summed E-state index contributed by atoms with van der Waals surface area (Å²) < 4.78 is 1.48. The molecule has 1 amide bonds. The number of carbonyl (C=O) groups excluding carboxylic acids is 1. The average molecular weight is 288 g/mol. The van der Waals surface area contributed by atoms with Crippen LogP contribution in [0.25, 0.3) is 0 Å². The van der Waals surface area contributed by atoms with Crippen molar-refractivity contribution in [3.8, 4) is 0 Å². The maximum atomic E-state index is 12.0. The second-order valence-electron chi connectivity index (χ2n) is 4.87. The van der Waals surface area contributed by atoms with Crippen molar-refractivity contribution in [1.82, 2.24) is 15.1 Å². The molecule has 0 spiro atoms. The lowest BCUT2D eigenvalue weighted by Gasteiger charge is -2.15. The maximum absolute atomic E-state index is 12.0. The van der Waals surface area contributed by atoms with E-state index in [4.69, 9.17) is 16.7 Å². The number of nitrogens with zero attached hydrogens (tertiary/aromatic N) is 2. The molecule has 2 N–H and O–H groups in total. The highest BCUT2D eigenvalue weighted by Crippen LogP contribution is 2.19. The molecule has 0 aliphatic heterocycles. The molecule has 19 heavy (non-hydrogen) atoms. The molecule has 0 radical (unpaired) electrons. The van der Waals surface area contributed by atoms with Gasteiger partial charge in [0.1, 0.15) is 6.04 Å². The number of aliphatic carboxylic acids is 1. The summed E-state index contributed by atoms with van der Waals surface area (Å²) in [6, 6.07) is -0.939. The van der Waals surface area contributed by atoms with Crippen molar-refractivity contribution >= 4 is 23.5 Å². The zero-order chi connectivity index (χ0) is 14.7. The third kappa shape index (κ3) is 3.70. The van der Waals surface area contributed by atoms with Crippen LogP contribution in [-0.2, 0) is 11.8 Å².